The van der Waals surface area contributed by atoms with Gasteiger partial charge in [0.2, 0.25) is 0 Å². The number of hydrogen-bond acceptors (Lipinski definition) is 6. The van der Waals surface area contributed by atoms with E-state index in [1.54, 1.807) is 24.3 Å². The van der Waals surface area contributed by atoms with E-state index in [9.17, 15) is 14.9 Å². The summed E-state index contributed by atoms with van der Waals surface area (Å²) in [5.74, 6) is 0.285. The van der Waals surface area contributed by atoms with Crippen LogP contribution in [0.2, 0.25) is 0 Å². The molecule has 1 amide bonds. The number of methoxy groups -OCH3 is 1. The molecular weight excluding hydrogens is 474 g/mol. The largest absolute Gasteiger partial charge is 0.493 e. The van der Waals surface area contributed by atoms with Gasteiger partial charge in [0.25, 0.3) is 11.6 Å². The Kier molecular flexibility index (Phi) is 7.10. The Morgan fingerprint density at radius 3 is 2.77 bits per heavy atom. The summed E-state index contributed by atoms with van der Waals surface area (Å²) in [7, 11) is 1.48. The van der Waals surface area contributed by atoms with Crippen molar-refractivity contribution in [2.45, 2.75) is 0 Å². The summed E-state index contributed by atoms with van der Waals surface area (Å²) >= 11 is 6.66. The Hall–Kier alpha value is -2.46. The van der Waals surface area contributed by atoms with Gasteiger partial charge < -0.3 is 9.47 Å². The van der Waals surface area contributed by atoms with Crippen LogP contribution in [-0.4, -0.2) is 30.8 Å². The fourth-order valence-corrected chi connectivity index (χ4v) is 3.24. The van der Waals surface area contributed by atoms with Gasteiger partial charge in [0.1, 0.15) is 0 Å². The molecule has 2 rings (SSSR count). The Labute approximate surface area is 165 Å². The van der Waals surface area contributed by atoms with Gasteiger partial charge in [-0.2, -0.15) is 5.10 Å². The van der Waals surface area contributed by atoms with E-state index in [1.165, 1.54) is 25.5 Å². The highest BCUT2D eigenvalue weighted by Crippen LogP contribution is 2.38. The third-order valence-electron chi connectivity index (χ3n) is 3.07. The van der Waals surface area contributed by atoms with Crippen LogP contribution in [-0.2, 0) is 4.79 Å². The minimum Gasteiger partial charge on any atom is -0.493 e. The third kappa shape index (κ3) is 5.27. The molecule has 0 spiro atoms. The summed E-state index contributed by atoms with van der Waals surface area (Å²) in [6.07, 6.45) is 1.20. The summed E-state index contributed by atoms with van der Waals surface area (Å²) in [6.45, 7) is -0.315. The van der Waals surface area contributed by atoms with Gasteiger partial charge in [-0.1, -0.05) is 28.1 Å². The van der Waals surface area contributed by atoms with Crippen molar-refractivity contribution in [1.82, 2.24) is 5.43 Å². The number of rotatable bonds is 7. The molecule has 0 saturated heterocycles. The molecule has 2 aromatic rings. The molecule has 10 heteroatoms. The Bertz CT molecular complexity index is 858. The van der Waals surface area contributed by atoms with Crippen LogP contribution in [0.5, 0.6) is 11.5 Å². The average molecular weight is 487 g/mol. The molecule has 0 fully saturated rings. The zero-order chi connectivity index (χ0) is 19.1. The molecule has 0 saturated carbocycles. The van der Waals surface area contributed by atoms with Gasteiger partial charge in [-0.25, -0.2) is 5.43 Å². The second kappa shape index (κ2) is 9.30. The molecule has 0 heterocycles. The van der Waals surface area contributed by atoms with Crippen molar-refractivity contribution in [3.63, 3.8) is 0 Å². The van der Waals surface area contributed by atoms with Crippen molar-refractivity contribution >= 4 is 49.7 Å². The Morgan fingerprint density at radius 2 is 2.08 bits per heavy atom. The van der Waals surface area contributed by atoms with Gasteiger partial charge in [-0.3, -0.25) is 14.9 Å². The number of nitro benzene ring substituents is 1. The quantitative estimate of drug-likeness (QED) is 0.365. The van der Waals surface area contributed by atoms with Crippen LogP contribution >= 0.6 is 31.9 Å². The molecular formula is C16H13Br2N3O5. The molecule has 2 aromatic carbocycles. The SMILES string of the molecule is COc1cc(Br)cc(Br)c1OCC(=O)NN=Cc1ccccc1[N+](=O)[O-]. The molecule has 0 unspecified atom stereocenters. The number of para-hydroxylation sites is 1. The number of nitrogens with one attached hydrogen (secondary N) is 1. The Balaban J connectivity index is 1.98. The predicted octanol–water partition coefficient (Wildman–Crippen LogP) is 3.66. The molecule has 136 valence electrons. The molecule has 0 aliphatic heterocycles. The number of benzene rings is 2. The fourth-order valence-electron chi connectivity index (χ4n) is 1.94. The minimum absolute atomic E-state index is 0.106. The van der Waals surface area contributed by atoms with Crippen molar-refractivity contribution in [1.29, 1.82) is 0 Å². The fraction of sp³-hybridized carbons (Fsp3) is 0.125. The molecule has 1 N–H and O–H groups in total. The van der Waals surface area contributed by atoms with Gasteiger partial charge in [-0.15, -0.1) is 0 Å². The monoisotopic (exact) mass is 485 g/mol. The van der Waals surface area contributed by atoms with Crippen molar-refractivity contribution in [3.05, 3.63) is 61.0 Å². The predicted molar refractivity (Wildman–Crippen MR) is 103 cm³/mol. The normalized spacial score (nSPS) is 10.6. The highest BCUT2D eigenvalue weighted by molar-refractivity contribution is 9.11. The summed E-state index contributed by atoms with van der Waals surface area (Å²) < 4.78 is 12.1. The van der Waals surface area contributed by atoms with Gasteiger partial charge in [0, 0.05) is 10.5 Å². The van der Waals surface area contributed by atoms with Crippen LogP contribution in [0, 0.1) is 10.1 Å². The Morgan fingerprint density at radius 1 is 1.35 bits per heavy atom. The van der Waals surface area contributed by atoms with Gasteiger partial charge in [0.05, 0.1) is 28.3 Å². The van der Waals surface area contributed by atoms with E-state index in [-0.39, 0.29) is 17.9 Å². The first-order valence-corrected chi connectivity index (χ1v) is 8.72. The first-order valence-electron chi connectivity index (χ1n) is 7.13. The van der Waals surface area contributed by atoms with E-state index in [1.807, 2.05) is 0 Å². The second-order valence-electron chi connectivity index (χ2n) is 4.82. The van der Waals surface area contributed by atoms with Crippen molar-refractivity contribution in [3.8, 4) is 11.5 Å². The highest BCUT2D eigenvalue weighted by Gasteiger charge is 2.13. The van der Waals surface area contributed by atoms with Crippen LogP contribution in [0.3, 0.4) is 0 Å². The topological polar surface area (TPSA) is 103 Å². The molecule has 0 aliphatic rings. The number of nitro groups is 1. The summed E-state index contributed by atoms with van der Waals surface area (Å²) in [5, 5.41) is 14.6. The number of hydrogen-bond donors (Lipinski definition) is 1. The van der Waals surface area contributed by atoms with Crippen molar-refractivity contribution < 1.29 is 19.2 Å². The molecule has 26 heavy (non-hydrogen) atoms. The van der Waals surface area contributed by atoms with Gasteiger partial charge in [-0.05, 0) is 34.1 Å². The summed E-state index contributed by atoms with van der Waals surface area (Å²) in [4.78, 5) is 22.2. The standard InChI is InChI=1S/C16H13Br2N3O5/c1-25-14-7-11(17)6-12(18)16(14)26-9-15(22)20-19-8-10-4-2-3-5-13(10)21(23)24/h2-8H,9H2,1H3,(H,20,22). The van der Waals surface area contributed by atoms with Crippen LogP contribution in [0.1, 0.15) is 5.56 Å². The molecule has 0 aromatic heterocycles. The lowest BCUT2D eigenvalue weighted by Crippen LogP contribution is -2.24. The molecule has 0 radical (unpaired) electrons. The van der Waals surface area contributed by atoms with E-state index in [4.69, 9.17) is 9.47 Å². The number of carbonyl (C=O) groups excluding carboxylic acids is 1. The summed E-state index contributed by atoms with van der Waals surface area (Å²) in [6, 6.07) is 9.51. The first kappa shape index (κ1) is 19.9. The van der Waals surface area contributed by atoms with Crippen LogP contribution in [0.4, 0.5) is 5.69 Å². The number of carbonyl (C=O) groups is 1. The second-order valence-corrected chi connectivity index (χ2v) is 6.59. The summed E-state index contributed by atoms with van der Waals surface area (Å²) in [5.41, 5.74) is 2.42. The van der Waals surface area contributed by atoms with Crippen LogP contribution in [0.25, 0.3) is 0 Å². The molecule has 0 atom stereocenters. The zero-order valence-corrected chi connectivity index (χ0v) is 16.6. The number of hydrazone groups is 1. The minimum atomic E-state index is -0.531. The lowest BCUT2D eigenvalue weighted by atomic mass is 10.2. The number of amides is 1. The first-order chi connectivity index (χ1) is 12.4. The van der Waals surface area contributed by atoms with E-state index in [0.29, 0.717) is 16.0 Å². The third-order valence-corrected chi connectivity index (χ3v) is 4.12. The van der Waals surface area contributed by atoms with Crippen molar-refractivity contribution in [2.24, 2.45) is 5.10 Å². The smallest absolute Gasteiger partial charge is 0.278 e. The molecule has 8 nitrogen and oxygen atoms in total. The van der Waals surface area contributed by atoms with Gasteiger partial charge >= 0.3 is 0 Å². The molecule has 0 bridgehead atoms. The lowest BCUT2D eigenvalue weighted by Gasteiger charge is -2.12. The van der Waals surface area contributed by atoms with E-state index in [2.05, 4.69) is 42.4 Å². The number of nitrogens with zero attached hydrogens (tertiary/aromatic N) is 2. The van der Waals surface area contributed by atoms with E-state index < -0.39 is 10.8 Å². The van der Waals surface area contributed by atoms with Crippen molar-refractivity contribution in [2.75, 3.05) is 13.7 Å². The maximum absolute atomic E-state index is 11.9. The van der Waals surface area contributed by atoms with Crippen LogP contribution < -0.4 is 14.9 Å². The highest BCUT2D eigenvalue weighted by atomic mass is 79.9. The number of ether oxygens (including phenoxy) is 2. The number of halogens is 2. The maximum atomic E-state index is 11.9. The maximum Gasteiger partial charge on any atom is 0.278 e. The average Bonchev–Trinajstić information content (AvgIpc) is 2.60. The van der Waals surface area contributed by atoms with E-state index in [0.717, 1.165) is 4.47 Å². The molecule has 0 aliphatic carbocycles. The lowest BCUT2D eigenvalue weighted by molar-refractivity contribution is -0.385. The van der Waals surface area contributed by atoms with E-state index >= 15 is 0 Å². The zero-order valence-electron chi connectivity index (χ0n) is 13.4. The van der Waals surface area contributed by atoms with Gasteiger partial charge in [0.15, 0.2) is 18.1 Å². The van der Waals surface area contributed by atoms with Crippen LogP contribution in [0.15, 0.2) is 50.4 Å².